The van der Waals surface area contributed by atoms with E-state index in [1.54, 1.807) is 0 Å². The second kappa shape index (κ2) is 10.3. The maximum absolute atomic E-state index is 11.6. The molecule has 1 amide bonds. The zero-order valence-corrected chi connectivity index (χ0v) is 12.8. The molecular formula is C14H31N3O. The lowest BCUT2D eigenvalue weighted by Gasteiger charge is -2.23. The Hall–Kier alpha value is -0.610. The molecule has 18 heavy (non-hydrogen) atoms. The zero-order chi connectivity index (χ0) is 14.0. The van der Waals surface area contributed by atoms with Gasteiger partial charge in [0.15, 0.2) is 0 Å². The minimum Gasteiger partial charge on any atom is -0.352 e. The van der Waals surface area contributed by atoms with Crippen molar-refractivity contribution in [3.05, 3.63) is 0 Å². The summed E-state index contributed by atoms with van der Waals surface area (Å²) >= 11 is 0. The van der Waals surface area contributed by atoms with Crippen LogP contribution in [0.15, 0.2) is 0 Å². The molecule has 1 atom stereocenters. The molecule has 0 saturated heterocycles. The Bertz CT molecular complexity index is 217. The fraction of sp³-hybridized carbons (Fsp3) is 0.929. The van der Waals surface area contributed by atoms with Gasteiger partial charge in [0.2, 0.25) is 5.91 Å². The molecule has 0 aromatic rings. The summed E-state index contributed by atoms with van der Waals surface area (Å²) in [4.78, 5) is 13.9. The Morgan fingerprint density at radius 1 is 1.17 bits per heavy atom. The average molecular weight is 257 g/mol. The fourth-order valence-corrected chi connectivity index (χ4v) is 1.76. The topological polar surface area (TPSA) is 44.4 Å². The van der Waals surface area contributed by atoms with Crippen molar-refractivity contribution in [1.82, 2.24) is 15.5 Å². The summed E-state index contributed by atoms with van der Waals surface area (Å²) in [5.74, 6) is 0.106. The van der Waals surface area contributed by atoms with Crippen LogP contribution in [0.25, 0.3) is 0 Å². The first-order chi connectivity index (χ1) is 8.54. The van der Waals surface area contributed by atoms with Crippen LogP contribution in [0.3, 0.4) is 0 Å². The summed E-state index contributed by atoms with van der Waals surface area (Å²) in [7, 11) is 2.13. The van der Waals surface area contributed by atoms with Crippen LogP contribution >= 0.6 is 0 Å². The van der Waals surface area contributed by atoms with Gasteiger partial charge >= 0.3 is 0 Å². The lowest BCUT2D eigenvalue weighted by molar-refractivity contribution is -0.121. The minimum absolute atomic E-state index is 0.106. The van der Waals surface area contributed by atoms with E-state index in [9.17, 15) is 4.79 Å². The predicted molar refractivity (Wildman–Crippen MR) is 77.8 cm³/mol. The number of carbonyl (C=O) groups is 1. The fourth-order valence-electron chi connectivity index (χ4n) is 1.76. The molecule has 0 aliphatic carbocycles. The highest BCUT2D eigenvalue weighted by molar-refractivity contribution is 5.78. The number of hydrogen-bond acceptors (Lipinski definition) is 3. The second-order valence-electron chi connectivity index (χ2n) is 5.00. The third-order valence-electron chi connectivity index (χ3n) is 3.62. The molecule has 0 aromatic carbocycles. The van der Waals surface area contributed by atoms with E-state index in [1.807, 2.05) is 0 Å². The van der Waals surface area contributed by atoms with Crippen molar-refractivity contribution in [2.75, 3.05) is 26.7 Å². The van der Waals surface area contributed by atoms with Gasteiger partial charge in [-0.25, -0.2) is 0 Å². The Balaban J connectivity index is 3.62. The van der Waals surface area contributed by atoms with Crippen LogP contribution in [-0.2, 0) is 4.79 Å². The van der Waals surface area contributed by atoms with Gasteiger partial charge in [-0.3, -0.25) is 4.79 Å². The van der Waals surface area contributed by atoms with Gasteiger partial charge in [0.05, 0.1) is 6.54 Å². The summed E-state index contributed by atoms with van der Waals surface area (Å²) in [5.41, 5.74) is 0. The van der Waals surface area contributed by atoms with Crippen molar-refractivity contribution in [3.8, 4) is 0 Å². The van der Waals surface area contributed by atoms with Gasteiger partial charge in [0.25, 0.3) is 0 Å². The number of likely N-dealkylation sites (N-methyl/N-ethyl adjacent to an activating group) is 1. The molecule has 1 unspecified atom stereocenters. The smallest absolute Gasteiger partial charge is 0.234 e. The van der Waals surface area contributed by atoms with E-state index >= 15 is 0 Å². The molecule has 2 N–H and O–H groups in total. The van der Waals surface area contributed by atoms with Gasteiger partial charge in [-0.05, 0) is 33.2 Å². The molecule has 0 spiro atoms. The normalized spacial score (nSPS) is 13.1. The number of amides is 1. The summed E-state index contributed by atoms with van der Waals surface area (Å²) in [6, 6.07) is 0.923. The Morgan fingerprint density at radius 2 is 1.78 bits per heavy atom. The highest BCUT2D eigenvalue weighted by atomic mass is 16.1. The molecule has 0 saturated carbocycles. The number of rotatable bonds is 10. The second-order valence-corrected chi connectivity index (χ2v) is 5.00. The minimum atomic E-state index is 0.106. The molecule has 108 valence electrons. The van der Waals surface area contributed by atoms with Crippen LogP contribution in [0.2, 0.25) is 0 Å². The molecule has 4 heteroatoms. The van der Waals surface area contributed by atoms with Crippen molar-refractivity contribution in [2.45, 2.75) is 59.0 Å². The van der Waals surface area contributed by atoms with Crippen molar-refractivity contribution in [3.63, 3.8) is 0 Å². The van der Waals surface area contributed by atoms with Crippen LogP contribution in [0.5, 0.6) is 0 Å². The standard InChI is InChI=1S/C14H31N3O/c1-6-12(4)17(5)10-9-15-11-14(18)16-13(7-2)8-3/h12-13,15H,6-11H2,1-5H3,(H,16,18). The molecule has 0 fully saturated rings. The number of nitrogens with one attached hydrogen (secondary N) is 2. The Morgan fingerprint density at radius 3 is 2.28 bits per heavy atom. The molecule has 0 aliphatic heterocycles. The Labute approximate surface area is 113 Å². The molecule has 0 aliphatic rings. The van der Waals surface area contributed by atoms with Gasteiger partial charge in [-0.1, -0.05) is 20.8 Å². The highest BCUT2D eigenvalue weighted by Crippen LogP contribution is 1.98. The van der Waals surface area contributed by atoms with E-state index in [0.717, 1.165) is 32.4 Å². The third-order valence-corrected chi connectivity index (χ3v) is 3.62. The SMILES string of the molecule is CCC(CC)NC(=O)CNCCN(C)C(C)CC. The summed E-state index contributed by atoms with van der Waals surface area (Å²) in [6.07, 6.45) is 3.16. The van der Waals surface area contributed by atoms with E-state index in [4.69, 9.17) is 0 Å². The first-order valence-electron chi connectivity index (χ1n) is 7.25. The molecule has 0 bridgehead atoms. The maximum Gasteiger partial charge on any atom is 0.234 e. The molecule has 0 aromatic heterocycles. The molecule has 0 radical (unpaired) electrons. The van der Waals surface area contributed by atoms with Gasteiger partial charge in [-0.15, -0.1) is 0 Å². The van der Waals surface area contributed by atoms with Crippen LogP contribution in [0, 0.1) is 0 Å². The molecule has 4 nitrogen and oxygen atoms in total. The number of carbonyl (C=O) groups excluding carboxylic acids is 1. The number of hydrogen-bond donors (Lipinski definition) is 2. The summed E-state index contributed by atoms with van der Waals surface area (Å²) in [6.45, 7) is 10.9. The maximum atomic E-state index is 11.6. The quantitative estimate of drug-likeness (QED) is 0.584. The average Bonchev–Trinajstić information content (AvgIpc) is 2.39. The van der Waals surface area contributed by atoms with Crippen molar-refractivity contribution < 1.29 is 4.79 Å². The van der Waals surface area contributed by atoms with Crippen LogP contribution < -0.4 is 10.6 Å². The predicted octanol–water partition coefficient (Wildman–Crippen LogP) is 1.61. The largest absolute Gasteiger partial charge is 0.352 e. The van der Waals surface area contributed by atoms with Crippen molar-refractivity contribution >= 4 is 5.91 Å². The number of nitrogens with zero attached hydrogens (tertiary/aromatic N) is 1. The summed E-state index contributed by atoms with van der Waals surface area (Å²) in [5, 5.41) is 6.22. The van der Waals surface area contributed by atoms with Gasteiger partial charge in [0.1, 0.15) is 0 Å². The first kappa shape index (κ1) is 17.4. The van der Waals surface area contributed by atoms with E-state index in [-0.39, 0.29) is 5.91 Å². The lowest BCUT2D eigenvalue weighted by atomic mass is 10.2. The van der Waals surface area contributed by atoms with Gasteiger partial charge < -0.3 is 15.5 Å². The summed E-state index contributed by atoms with van der Waals surface area (Å²) < 4.78 is 0. The monoisotopic (exact) mass is 257 g/mol. The van der Waals surface area contributed by atoms with Crippen molar-refractivity contribution in [1.29, 1.82) is 0 Å². The van der Waals surface area contributed by atoms with E-state index in [2.05, 4.69) is 50.3 Å². The van der Waals surface area contributed by atoms with Gasteiger partial charge in [0, 0.05) is 25.2 Å². The highest BCUT2D eigenvalue weighted by Gasteiger charge is 2.08. The van der Waals surface area contributed by atoms with Crippen LogP contribution in [0.4, 0.5) is 0 Å². The van der Waals surface area contributed by atoms with E-state index < -0.39 is 0 Å². The van der Waals surface area contributed by atoms with Crippen LogP contribution in [0.1, 0.15) is 47.0 Å². The first-order valence-corrected chi connectivity index (χ1v) is 7.25. The van der Waals surface area contributed by atoms with Crippen LogP contribution in [-0.4, -0.2) is 49.6 Å². The Kier molecular flexibility index (Phi) is 9.98. The van der Waals surface area contributed by atoms with E-state index in [0.29, 0.717) is 18.6 Å². The lowest BCUT2D eigenvalue weighted by Crippen LogP contribution is -2.42. The molecule has 0 rings (SSSR count). The van der Waals surface area contributed by atoms with E-state index in [1.165, 1.54) is 0 Å². The van der Waals surface area contributed by atoms with Gasteiger partial charge in [-0.2, -0.15) is 0 Å². The molecule has 0 heterocycles. The third kappa shape index (κ3) is 7.67. The zero-order valence-electron chi connectivity index (χ0n) is 12.8. The molecular weight excluding hydrogens is 226 g/mol. The van der Waals surface area contributed by atoms with Crippen molar-refractivity contribution in [2.24, 2.45) is 0 Å².